The molecule has 2 aromatic carbocycles. The zero-order chi connectivity index (χ0) is 36.6. The molecule has 6 aromatic rings. The minimum atomic E-state index is -0.260. The maximum absolute atomic E-state index is 12.7. The highest BCUT2D eigenvalue weighted by atomic mass is 16.5. The number of aryl methyl sites for hydroxylation is 6. The first-order valence-electron chi connectivity index (χ1n) is 18.2. The van der Waals surface area contributed by atoms with Crippen molar-refractivity contribution < 1.29 is 9.84 Å². The number of phenolic OH excluding ortho intramolecular Hbond substituents is 1. The van der Waals surface area contributed by atoms with Crippen molar-refractivity contribution in [2.75, 3.05) is 0 Å². The SMILES string of the molecule is CCCCCCn1c(=O)cc(C)c2cc3c(C)cc(=O)[nH]c3c(O)c21.CCCCCCn1c(=O)cc(C)c2cc3c(C)cc(=O)n4c3c(c21)OC4. The van der Waals surface area contributed by atoms with Crippen LogP contribution in [0, 0.1) is 27.7 Å². The van der Waals surface area contributed by atoms with Crippen molar-refractivity contribution in [3.8, 4) is 11.5 Å². The Hall–Kier alpha value is -5.12. The average molecular weight is 693 g/mol. The normalized spacial score (nSPS) is 12.2. The van der Waals surface area contributed by atoms with Crippen LogP contribution < -0.4 is 27.0 Å². The highest BCUT2D eigenvalue weighted by Gasteiger charge is 2.24. The third-order valence-corrected chi connectivity index (χ3v) is 10.2. The van der Waals surface area contributed by atoms with Crippen molar-refractivity contribution in [2.24, 2.45) is 0 Å². The molecule has 2 N–H and O–H groups in total. The first-order valence-corrected chi connectivity index (χ1v) is 18.2. The molecular weight excluding hydrogens is 644 g/mol. The van der Waals surface area contributed by atoms with Crippen molar-refractivity contribution in [3.05, 3.63) is 100 Å². The van der Waals surface area contributed by atoms with E-state index in [1.165, 1.54) is 12.5 Å². The molecule has 10 heteroatoms. The molecule has 0 amide bonds. The molecular formula is C41H48N4O6. The summed E-state index contributed by atoms with van der Waals surface area (Å²) < 4.78 is 11.1. The fourth-order valence-electron chi connectivity index (χ4n) is 7.46. The third-order valence-electron chi connectivity index (χ3n) is 10.2. The highest BCUT2D eigenvalue weighted by molar-refractivity contribution is 6.05. The molecule has 0 radical (unpaired) electrons. The van der Waals surface area contributed by atoms with Crippen LogP contribution in [-0.2, 0) is 19.8 Å². The topological polar surface area (TPSA) is 128 Å². The monoisotopic (exact) mass is 692 g/mol. The summed E-state index contributed by atoms with van der Waals surface area (Å²) in [5.74, 6) is 0.652. The molecule has 0 saturated heterocycles. The lowest BCUT2D eigenvalue weighted by Gasteiger charge is -2.15. The summed E-state index contributed by atoms with van der Waals surface area (Å²) in [7, 11) is 0. The number of benzene rings is 2. The van der Waals surface area contributed by atoms with Crippen molar-refractivity contribution in [2.45, 2.75) is 113 Å². The predicted molar refractivity (Wildman–Crippen MR) is 206 cm³/mol. The van der Waals surface area contributed by atoms with Gasteiger partial charge >= 0.3 is 0 Å². The van der Waals surface area contributed by atoms with Crippen LogP contribution in [0.15, 0.2) is 55.6 Å². The van der Waals surface area contributed by atoms with E-state index in [9.17, 15) is 24.3 Å². The van der Waals surface area contributed by atoms with E-state index in [4.69, 9.17) is 4.74 Å². The van der Waals surface area contributed by atoms with Gasteiger partial charge in [-0.3, -0.25) is 23.7 Å². The summed E-state index contributed by atoms with van der Waals surface area (Å²) >= 11 is 0. The highest BCUT2D eigenvalue weighted by Crippen LogP contribution is 2.39. The molecule has 0 aliphatic carbocycles. The summed E-state index contributed by atoms with van der Waals surface area (Å²) in [5, 5.41) is 14.5. The van der Waals surface area contributed by atoms with E-state index in [0.717, 1.165) is 99.8 Å². The molecule has 0 saturated carbocycles. The Morgan fingerprint density at radius 2 is 1.10 bits per heavy atom. The quantitative estimate of drug-likeness (QED) is 0.112. The largest absolute Gasteiger partial charge is 0.504 e. The molecule has 268 valence electrons. The number of aromatic amines is 1. The van der Waals surface area contributed by atoms with Gasteiger partial charge in [0.15, 0.2) is 18.2 Å². The van der Waals surface area contributed by atoms with Gasteiger partial charge in [0.2, 0.25) is 5.56 Å². The maximum Gasteiger partial charge on any atom is 0.254 e. The molecule has 4 aromatic heterocycles. The lowest BCUT2D eigenvalue weighted by Crippen LogP contribution is -2.21. The average Bonchev–Trinajstić information content (AvgIpc) is 3.53. The smallest absolute Gasteiger partial charge is 0.254 e. The number of H-pyrrole nitrogens is 1. The van der Waals surface area contributed by atoms with Gasteiger partial charge in [-0.15, -0.1) is 0 Å². The van der Waals surface area contributed by atoms with E-state index in [2.05, 4.69) is 24.9 Å². The van der Waals surface area contributed by atoms with Crippen LogP contribution in [-0.4, -0.2) is 23.8 Å². The zero-order valence-electron chi connectivity index (χ0n) is 30.6. The number of aromatic nitrogens is 4. The predicted octanol–water partition coefficient (Wildman–Crippen LogP) is 7.61. The Bertz CT molecular complexity index is 2550. The summed E-state index contributed by atoms with van der Waals surface area (Å²) in [5.41, 5.74) is 5.62. The van der Waals surface area contributed by atoms with Crippen molar-refractivity contribution >= 4 is 43.6 Å². The zero-order valence-corrected chi connectivity index (χ0v) is 30.6. The molecule has 7 rings (SSSR count). The van der Waals surface area contributed by atoms with Crippen LogP contribution >= 0.6 is 0 Å². The minimum Gasteiger partial charge on any atom is -0.504 e. The molecule has 0 atom stereocenters. The lowest BCUT2D eigenvalue weighted by atomic mass is 10.0. The Labute approximate surface area is 295 Å². The van der Waals surface area contributed by atoms with Crippen LogP contribution in [0.5, 0.6) is 11.5 Å². The first kappa shape index (κ1) is 35.7. The van der Waals surface area contributed by atoms with Gasteiger partial charge in [-0.25, -0.2) is 0 Å². The molecule has 0 fully saturated rings. The fourth-order valence-corrected chi connectivity index (χ4v) is 7.46. The van der Waals surface area contributed by atoms with E-state index in [1.54, 1.807) is 27.3 Å². The van der Waals surface area contributed by atoms with Crippen LogP contribution in [0.3, 0.4) is 0 Å². The second-order valence-electron chi connectivity index (χ2n) is 14.0. The Morgan fingerprint density at radius 3 is 1.69 bits per heavy atom. The van der Waals surface area contributed by atoms with Gasteiger partial charge in [0.1, 0.15) is 0 Å². The molecule has 1 aliphatic heterocycles. The van der Waals surface area contributed by atoms with Crippen molar-refractivity contribution in [1.29, 1.82) is 0 Å². The summed E-state index contributed by atoms with van der Waals surface area (Å²) in [6.07, 6.45) is 8.57. The molecule has 51 heavy (non-hydrogen) atoms. The molecule has 1 aliphatic rings. The summed E-state index contributed by atoms with van der Waals surface area (Å²) in [6.45, 7) is 13.4. The Morgan fingerprint density at radius 1 is 0.608 bits per heavy atom. The summed E-state index contributed by atoms with van der Waals surface area (Å²) in [6, 6.07) is 10.6. The van der Waals surface area contributed by atoms with Gasteiger partial charge in [0.25, 0.3) is 16.7 Å². The number of ether oxygens (including phenoxy) is 1. The fraction of sp³-hybridized carbons (Fsp3) is 0.415. The van der Waals surface area contributed by atoms with Crippen molar-refractivity contribution in [1.82, 2.24) is 18.7 Å². The van der Waals surface area contributed by atoms with Crippen LogP contribution in [0.1, 0.15) is 87.5 Å². The van der Waals surface area contributed by atoms with Gasteiger partial charge in [-0.2, -0.15) is 0 Å². The number of phenols is 1. The second-order valence-corrected chi connectivity index (χ2v) is 14.0. The van der Waals surface area contributed by atoms with E-state index < -0.39 is 0 Å². The number of rotatable bonds is 10. The number of hydrogen-bond donors (Lipinski definition) is 2. The molecule has 0 spiro atoms. The Balaban J connectivity index is 0.000000176. The van der Waals surface area contributed by atoms with Gasteiger partial charge < -0.3 is 24.0 Å². The van der Waals surface area contributed by atoms with Gasteiger partial charge in [0, 0.05) is 58.9 Å². The standard InChI is InChI=1S/C21H24N2O3.C20H24N2O3/c1-4-5-6-7-8-22-17(24)9-13(2)15-11-16-14(3)10-18(25)23-12-26-21(19(15)22)20(16)23;1-4-5-6-7-8-22-17(24)10-13(3)15-11-14-12(2)9-16(23)21-18(14)20(25)19(15)22/h9-11H,4-8,12H2,1-3H3;9-11,25H,4-8H2,1-3H3,(H,21,23). The van der Waals surface area contributed by atoms with Gasteiger partial charge in [0.05, 0.1) is 22.1 Å². The number of hydrogen-bond acceptors (Lipinski definition) is 6. The van der Waals surface area contributed by atoms with E-state index in [0.29, 0.717) is 29.9 Å². The van der Waals surface area contributed by atoms with Crippen LogP contribution in [0.2, 0.25) is 0 Å². The van der Waals surface area contributed by atoms with E-state index in [-0.39, 0.29) is 34.7 Å². The van der Waals surface area contributed by atoms with Gasteiger partial charge in [-0.1, -0.05) is 52.4 Å². The first-order chi connectivity index (χ1) is 24.5. The van der Waals surface area contributed by atoms with Crippen LogP contribution in [0.25, 0.3) is 43.6 Å². The van der Waals surface area contributed by atoms with Gasteiger partial charge in [-0.05, 0) is 74.9 Å². The van der Waals surface area contributed by atoms with Crippen molar-refractivity contribution in [3.63, 3.8) is 0 Å². The second kappa shape index (κ2) is 14.6. The number of aromatic hydroxyl groups is 1. The minimum absolute atomic E-state index is 0.000788. The lowest BCUT2D eigenvalue weighted by molar-refractivity contribution is 0.268. The number of unbranched alkanes of at least 4 members (excludes halogenated alkanes) is 6. The maximum atomic E-state index is 12.7. The number of nitrogens with zero attached hydrogens (tertiary/aromatic N) is 3. The Kier molecular flexibility index (Phi) is 10.2. The number of pyridine rings is 4. The molecule has 0 bridgehead atoms. The number of fused-ring (bicyclic) bond motifs is 4. The van der Waals surface area contributed by atoms with Crippen LogP contribution in [0.4, 0.5) is 0 Å². The molecule has 10 nitrogen and oxygen atoms in total. The van der Waals surface area contributed by atoms with E-state index in [1.807, 2.05) is 38.3 Å². The molecule has 5 heterocycles. The third kappa shape index (κ3) is 6.59. The number of nitrogens with one attached hydrogen (secondary N) is 1. The summed E-state index contributed by atoms with van der Waals surface area (Å²) in [4.78, 5) is 52.1. The van der Waals surface area contributed by atoms with E-state index >= 15 is 0 Å². The molecule has 0 unspecified atom stereocenters.